The van der Waals surface area contributed by atoms with E-state index in [2.05, 4.69) is 10.4 Å². The van der Waals surface area contributed by atoms with Crippen molar-refractivity contribution in [2.75, 3.05) is 11.1 Å². The maximum absolute atomic E-state index is 11.9. The van der Waals surface area contributed by atoms with Crippen molar-refractivity contribution in [1.82, 2.24) is 9.78 Å². The molecule has 1 heterocycles. The lowest BCUT2D eigenvalue weighted by Gasteiger charge is -2.10. The van der Waals surface area contributed by atoms with Gasteiger partial charge in [-0.3, -0.25) is 9.48 Å². The van der Waals surface area contributed by atoms with Crippen LogP contribution in [0.3, 0.4) is 0 Å². The first kappa shape index (κ1) is 13.4. The Hall–Kier alpha value is -2.01. The number of hydrogen-bond donors (Lipinski definition) is 2. The van der Waals surface area contributed by atoms with Gasteiger partial charge in [-0.25, -0.2) is 0 Å². The molecule has 0 saturated carbocycles. The van der Waals surface area contributed by atoms with Crippen LogP contribution in [0, 0.1) is 13.8 Å². The van der Waals surface area contributed by atoms with E-state index in [1.54, 1.807) is 25.3 Å². The number of nitrogens with zero attached hydrogens (tertiary/aromatic N) is 2. The number of nitrogens with two attached hydrogens (primary N) is 1. The fourth-order valence-electron chi connectivity index (χ4n) is 1.70. The van der Waals surface area contributed by atoms with Gasteiger partial charge in [0.2, 0.25) is 5.91 Å². The van der Waals surface area contributed by atoms with E-state index in [1.165, 1.54) is 4.68 Å². The number of carbonyl (C=O) groups is 1. The van der Waals surface area contributed by atoms with Crippen molar-refractivity contribution in [2.24, 2.45) is 0 Å². The zero-order chi connectivity index (χ0) is 14.0. The lowest BCUT2D eigenvalue weighted by molar-refractivity contribution is -0.116. The molecule has 0 radical (unpaired) electrons. The third-order valence-electron chi connectivity index (χ3n) is 2.84. The topological polar surface area (TPSA) is 72.9 Å². The van der Waals surface area contributed by atoms with E-state index in [4.69, 9.17) is 17.3 Å². The molecular weight excluding hydrogens is 264 g/mol. The molecule has 1 aromatic heterocycles. The Labute approximate surface area is 116 Å². The average Bonchev–Trinajstić information content (AvgIpc) is 2.64. The van der Waals surface area contributed by atoms with Crippen molar-refractivity contribution < 1.29 is 4.79 Å². The SMILES string of the molecule is Cc1nn(CC(=O)Nc2cccc(N)c2C)cc1Cl. The lowest BCUT2D eigenvalue weighted by atomic mass is 10.1. The van der Waals surface area contributed by atoms with Crippen molar-refractivity contribution in [3.05, 3.63) is 40.7 Å². The molecule has 1 amide bonds. The second kappa shape index (κ2) is 5.32. The van der Waals surface area contributed by atoms with Crippen LogP contribution in [0.1, 0.15) is 11.3 Å². The van der Waals surface area contributed by atoms with E-state index in [1.807, 2.05) is 13.0 Å². The summed E-state index contributed by atoms with van der Waals surface area (Å²) in [6, 6.07) is 5.40. The summed E-state index contributed by atoms with van der Waals surface area (Å²) in [6.45, 7) is 3.76. The molecule has 0 bridgehead atoms. The molecule has 0 aliphatic rings. The average molecular weight is 279 g/mol. The van der Waals surface area contributed by atoms with Crippen LogP contribution in [0.15, 0.2) is 24.4 Å². The van der Waals surface area contributed by atoms with Gasteiger partial charge in [0.15, 0.2) is 0 Å². The predicted octanol–water partition coefficient (Wildman–Crippen LogP) is 2.37. The van der Waals surface area contributed by atoms with Gasteiger partial charge in [0.1, 0.15) is 6.54 Å². The van der Waals surface area contributed by atoms with Crippen molar-refractivity contribution in [3.8, 4) is 0 Å². The van der Waals surface area contributed by atoms with E-state index >= 15 is 0 Å². The Balaban J connectivity index is 2.07. The van der Waals surface area contributed by atoms with Gasteiger partial charge in [-0.1, -0.05) is 17.7 Å². The van der Waals surface area contributed by atoms with Crippen LogP contribution in [0.2, 0.25) is 5.02 Å². The number of halogens is 1. The van der Waals surface area contributed by atoms with Crippen LogP contribution in [-0.2, 0) is 11.3 Å². The second-order valence-electron chi connectivity index (χ2n) is 4.33. The fourth-order valence-corrected chi connectivity index (χ4v) is 1.85. The van der Waals surface area contributed by atoms with Crippen LogP contribution in [-0.4, -0.2) is 15.7 Å². The standard InChI is InChI=1S/C13H15ClN4O/c1-8-11(15)4-3-5-12(8)16-13(19)7-18-6-10(14)9(2)17-18/h3-6H,7,15H2,1-2H3,(H,16,19). The minimum atomic E-state index is -0.173. The van der Waals surface area contributed by atoms with Crippen molar-refractivity contribution >= 4 is 28.9 Å². The molecule has 0 fully saturated rings. The Morgan fingerprint density at radius 3 is 2.84 bits per heavy atom. The molecule has 3 N–H and O–H groups in total. The molecule has 0 saturated heterocycles. The summed E-state index contributed by atoms with van der Waals surface area (Å²) in [5.41, 5.74) is 8.70. The van der Waals surface area contributed by atoms with E-state index < -0.39 is 0 Å². The van der Waals surface area contributed by atoms with Crippen molar-refractivity contribution in [3.63, 3.8) is 0 Å². The summed E-state index contributed by atoms with van der Waals surface area (Å²) in [6.07, 6.45) is 1.63. The zero-order valence-electron chi connectivity index (χ0n) is 10.8. The molecule has 2 aromatic rings. The second-order valence-corrected chi connectivity index (χ2v) is 4.74. The number of carbonyl (C=O) groups excluding carboxylic acids is 1. The molecule has 19 heavy (non-hydrogen) atoms. The minimum absolute atomic E-state index is 0.113. The first-order chi connectivity index (χ1) is 8.97. The van der Waals surface area contributed by atoms with Crippen LogP contribution < -0.4 is 11.1 Å². The van der Waals surface area contributed by atoms with Crippen LogP contribution in [0.4, 0.5) is 11.4 Å². The van der Waals surface area contributed by atoms with Crippen LogP contribution in [0.5, 0.6) is 0 Å². The highest BCUT2D eigenvalue weighted by Gasteiger charge is 2.09. The summed E-state index contributed by atoms with van der Waals surface area (Å²) < 4.78 is 1.51. The monoisotopic (exact) mass is 278 g/mol. The number of nitrogen functional groups attached to an aromatic ring is 1. The Morgan fingerprint density at radius 2 is 2.21 bits per heavy atom. The highest BCUT2D eigenvalue weighted by molar-refractivity contribution is 6.31. The first-order valence-electron chi connectivity index (χ1n) is 5.82. The Bertz CT molecular complexity index is 602. The molecule has 2 rings (SSSR count). The van der Waals surface area contributed by atoms with E-state index in [-0.39, 0.29) is 12.5 Å². The molecule has 0 atom stereocenters. The number of hydrogen-bond acceptors (Lipinski definition) is 3. The van der Waals surface area contributed by atoms with Crippen molar-refractivity contribution in [1.29, 1.82) is 0 Å². The highest BCUT2D eigenvalue weighted by Crippen LogP contribution is 2.20. The molecule has 1 aromatic carbocycles. The molecular formula is C13H15ClN4O. The van der Waals surface area contributed by atoms with E-state index in [0.717, 1.165) is 5.56 Å². The van der Waals surface area contributed by atoms with Gasteiger partial charge in [0, 0.05) is 17.6 Å². The van der Waals surface area contributed by atoms with Gasteiger partial charge < -0.3 is 11.1 Å². The quantitative estimate of drug-likeness (QED) is 0.847. The maximum atomic E-state index is 11.9. The number of anilines is 2. The summed E-state index contributed by atoms with van der Waals surface area (Å²) in [7, 11) is 0. The normalized spacial score (nSPS) is 10.5. The molecule has 0 spiro atoms. The van der Waals surface area contributed by atoms with Crippen LogP contribution >= 0.6 is 11.6 Å². The third kappa shape index (κ3) is 3.06. The summed E-state index contributed by atoms with van der Waals surface area (Å²) in [4.78, 5) is 11.9. The molecule has 6 heteroatoms. The smallest absolute Gasteiger partial charge is 0.246 e. The first-order valence-corrected chi connectivity index (χ1v) is 6.19. The summed E-state index contributed by atoms with van der Waals surface area (Å²) in [5, 5.41) is 7.49. The van der Waals surface area contributed by atoms with Gasteiger partial charge in [0.25, 0.3) is 0 Å². The third-order valence-corrected chi connectivity index (χ3v) is 3.21. The van der Waals surface area contributed by atoms with Gasteiger partial charge >= 0.3 is 0 Å². The molecule has 0 unspecified atom stereocenters. The van der Waals surface area contributed by atoms with Crippen molar-refractivity contribution in [2.45, 2.75) is 20.4 Å². The molecule has 5 nitrogen and oxygen atoms in total. The van der Waals surface area contributed by atoms with Crippen LogP contribution in [0.25, 0.3) is 0 Å². The number of benzene rings is 1. The van der Waals surface area contributed by atoms with E-state index in [9.17, 15) is 4.79 Å². The van der Waals surface area contributed by atoms with Gasteiger partial charge in [0.05, 0.1) is 10.7 Å². The number of aromatic nitrogens is 2. The number of nitrogens with one attached hydrogen (secondary N) is 1. The van der Waals surface area contributed by atoms with Gasteiger partial charge in [-0.15, -0.1) is 0 Å². The molecule has 0 aliphatic carbocycles. The number of amides is 1. The molecule has 100 valence electrons. The molecule has 0 aliphatic heterocycles. The number of aryl methyl sites for hydroxylation is 1. The Kier molecular flexibility index (Phi) is 3.76. The highest BCUT2D eigenvalue weighted by atomic mass is 35.5. The maximum Gasteiger partial charge on any atom is 0.246 e. The predicted molar refractivity (Wildman–Crippen MR) is 76.2 cm³/mol. The van der Waals surface area contributed by atoms with Gasteiger partial charge in [-0.2, -0.15) is 5.10 Å². The lowest BCUT2D eigenvalue weighted by Crippen LogP contribution is -2.19. The minimum Gasteiger partial charge on any atom is -0.398 e. The fraction of sp³-hybridized carbons (Fsp3) is 0.231. The Morgan fingerprint density at radius 1 is 1.47 bits per heavy atom. The number of rotatable bonds is 3. The zero-order valence-corrected chi connectivity index (χ0v) is 11.5. The largest absolute Gasteiger partial charge is 0.398 e. The van der Waals surface area contributed by atoms with E-state index in [0.29, 0.717) is 22.1 Å². The summed E-state index contributed by atoms with van der Waals surface area (Å²) in [5.74, 6) is -0.173. The summed E-state index contributed by atoms with van der Waals surface area (Å²) >= 11 is 5.89. The van der Waals surface area contributed by atoms with Gasteiger partial charge in [-0.05, 0) is 31.5 Å².